The number of hydrogen-bond acceptors (Lipinski definition) is 8. The molecular formula is C21H30N4O5S. The van der Waals surface area contributed by atoms with Crippen LogP contribution in [0.3, 0.4) is 0 Å². The quantitative estimate of drug-likeness (QED) is 0.461. The van der Waals surface area contributed by atoms with E-state index in [0.717, 1.165) is 29.0 Å². The predicted molar refractivity (Wildman–Crippen MR) is 120 cm³/mol. The minimum atomic E-state index is -1.17. The van der Waals surface area contributed by atoms with Crippen molar-refractivity contribution in [3.8, 4) is 0 Å². The molecule has 1 amide bonds. The first-order chi connectivity index (χ1) is 14.6. The monoisotopic (exact) mass is 450 g/mol. The molecule has 9 nitrogen and oxygen atoms in total. The number of carbonyl (C=O) groups excluding carboxylic acids is 2. The lowest BCUT2D eigenvalue weighted by atomic mass is 10.0. The number of rotatable bonds is 8. The number of allylic oxidation sites excluding steroid dienone is 2. The van der Waals surface area contributed by atoms with E-state index in [9.17, 15) is 19.5 Å². The van der Waals surface area contributed by atoms with Crippen LogP contribution in [0.4, 0.5) is 5.13 Å². The number of carboxylic acids is 1. The molecule has 0 aliphatic carbocycles. The maximum Gasteiger partial charge on any atom is 0.348 e. The van der Waals surface area contributed by atoms with Crippen LogP contribution in [0.5, 0.6) is 0 Å². The zero-order valence-corrected chi connectivity index (χ0v) is 19.6. The maximum atomic E-state index is 12.6. The zero-order valence-electron chi connectivity index (χ0n) is 18.8. The summed E-state index contributed by atoms with van der Waals surface area (Å²) >= 11 is 0.974. The smallest absolute Gasteiger partial charge is 0.348 e. The highest BCUT2D eigenvalue weighted by molar-refractivity contribution is 7.17. The first kappa shape index (κ1) is 24.7. The van der Waals surface area contributed by atoms with Crippen molar-refractivity contribution in [3.63, 3.8) is 0 Å². The van der Waals surface area contributed by atoms with E-state index in [0.29, 0.717) is 30.4 Å². The summed E-state index contributed by atoms with van der Waals surface area (Å²) in [5.74, 6) is -1.80. The van der Waals surface area contributed by atoms with Crippen LogP contribution in [0, 0.1) is 0 Å². The standard InChI is InChI=1S/C21H30N4O5S/c1-7-11(2)12(3)22-13(4)19(27)23-15-8-9-25(10-16(15)30-6)21-24-17(14(5)26)18(31-21)20(28)29/h15-16H,7-10H2,1-6H3,(H,23,27)(H,28,29)/b12-11+,22-13?/t15-,16?/m1/s1. The summed E-state index contributed by atoms with van der Waals surface area (Å²) < 4.78 is 5.59. The number of Topliss-reactive ketones (excluding diaryl/α,β-unsaturated/α-hetero) is 1. The van der Waals surface area contributed by atoms with Gasteiger partial charge in [-0.25, -0.2) is 9.78 Å². The minimum absolute atomic E-state index is 0.0328. The highest BCUT2D eigenvalue weighted by Crippen LogP contribution is 2.29. The molecule has 0 aromatic carbocycles. The molecule has 1 aromatic heterocycles. The molecule has 0 bridgehead atoms. The molecule has 10 heteroatoms. The van der Waals surface area contributed by atoms with Crippen LogP contribution in [0.25, 0.3) is 0 Å². The highest BCUT2D eigenvalue weighted by atomic mass is 32.1. The number of piperidine rings is 1. The third kappa shape index (κ3) is 5.98. The Morgan fingerprint density at radius 2 is 1.97 bits per heavy atom. The zero-order chi connectivity index (χ0) is 23.3. The summed E-state index contributed by atoms with van der Waals surface area (Å²) in [4.78, 5) is 46.3. The van der Waals surface area contributed by atoms with Gasteiger partial charge in [0.15, 0.2) is 10.9 Å². The second kappa shape index (κ2) is 10.6. The number of aliphatic imine (C=N–C) groups is 1. The number of aromatic nitrogens is 1. The number of nitrogens with one attached hydrogen (secondary N) is 1. The molecule has 2 rings (SSSR count). The van der Waals surface area contributed by atoms with Crippen LogP contribution in [-0.2, 0) is 9.53 Å². The number of anilines is 1. The Morgan fingerprint density at radius 3 is 2.48 bits per heavy atom. The Kier molecular flexibility index (Phi) is 8.46. The van der Waals surface area contributed by atoms with Crippen molar-refractivity contribution in [1.82, 2.24) is 10.3 Å². The molecular weight excluding hydrogens is 420 g/mol. The van der Waals surface area contributed by atoms with Crippen LogP contribution in [0.2, 0.25) is 0 Å². The molecule has 1 aromatic rings. The van der Waals surface area contributed by atoms with Gasteiger partial charge in [0.1, 0.15) is 16.3 Å². The fraction of sp³-hybridized carbons (Fsp3) is 0.571. The molecule has 2 atom stereocenters. The van der Waals surface area contributed by atoms with Crippen LogP contribution < -0.4 is 10.2 Å². The van der Waals surface area contributed by atoms with Gasteiger partial charge in [0.2, 0.25) is 0 Å². The lowest BCUT2D eigenvalue weighted by Gasteiger charge is -2.37. The fourth-order valence-corrected chi connectivity index (χ4v) is 4.24. The van der Waals surface area contributed by atoms with Crippen LogP contribution in [-0.4, -0.2) is 65.8 Å². The topological polar surface area (TPSA) is 121 Å². The van der Waals surface area contributed by atoms with E-state index >= 15 is 0 Å². The van der Waals surface area contributed by atoms with Gasteiger partial charge in [-0.1, -0.05) is 23.8 Å². The number of hydrogen-bond donors (Lipinski definition) is 2. The van der Waals surface area contributed by atoms with Crippen molar-refractivity contribution in [1.29, 1.82) is 0 Å². The third-order valence-electron chi connectivity index (χ3n) is 5.40. The molecule has 2 heterocycles. The average molecular weight is 451 g/mol. The van der Waals surface area contributed by atoms with Crippen molar-refractivity contribution in [2.24, 2.45) is 4.99 Å². The Bertz CT molecular complexity index is 889. The van der Waals surface area contributed by atoms with Gasteiger partial charge < -0.3 is 20.1 Å². The Morgan fingerprint density at radius 1 is 1.29 bits per heavy atom. The summed E-state index contributed by atoms with van der Waals surface area (Å²) in [5, 5.41) is 12.8. The molecule has 0 spiro atoms. The van der Waals surface area contributed by atoms with Crippen molar-refractivity contribution in [2.45, 2.75) is 59.6 Å². The molecule has 170 valence electrons. The number of aromatic carboxylic acids is 1. The van der Waals surface area contributed by atoms with Gasteiger partial charge >= 0.3 is 5.97 Å². The van der Waals surface area contributed by atoms with E-state index in [1.807, 2.05) is 25.7 Å². The van der Waals surface area contributed by atoms with E-state index in [-0.39, 0.29) is 34.4 Å². The van der Waals surface area contributed by atoms with Gasteiger partial charge in [0.05, 0.1) is 12.1 Å². The van der Waals surface area contributed by atoms with Crippen molar-refractivity contribution >= 4 is 39.8 Å². The third-order valence-corrected chi connectivity index (χ3v) is 6.51. The highest BCUT2D eigenvalue weighted by Gasteiger charge is 2.33. The molecule has 1 unspecified atom stereocenters. The number of carboxylic acid groups (broad SMARTS) is 1. The number of thiazole rings is 1. The summed E-state index contributed by atoms with van der Waals surface area (Å²) in [7, 11) is 1.57. The normalized spacial score (nSPS) is 20.3. The van der Waals surface area contributed by atoms with Crippen LogP contribution in [0.1, 0.15) is 67.6 Å². The van der Waals surface area contributed by atoms with Crippen molar-refractivity contribution in [2.75, 3.05) is 25.1 Å². The summed E-state index contributed by atoms with van der Waals surface area (Å²) in [6.45, 7) is 9.86. The van der Waals surface area contributed by atoms with E-state index < -0.39 is 5.97 Å². The molecule has 1 saturated heterocycles. The van der Waals surface area contributed by atoms with Crippen molar-refractivity contribution < 1.29 is 24.2 Å². The molecule has 31 heavy (non-hydrogen) atoms. The van der Waals surface area contributed by atoms with E-state index in [1.165, 1.54) is 6.92 Å². The maximum absolute atomic E-state index is 12.6. The number of carbonyl (C=O) groups is 3. The van der Waals surface area contributed by atoms with E-state index in [1.54, 1.807) is 14.0 Å². The number of nitrogens with zero attached hydrogens (tertiary/aromatic N) is 3. The molecule has 1 aliphatic rings. The fourth-order valence-electron chi connectivity index (χ4n) is 3.25. The summed E-state index contributed by atoms with van der Waals surface area (Å²) in [6, 6.07) is -0.221. The number of amides is 1. The SMILES string of the molecule is CC/C(C)=C(\C)N=C(C)C(=O)N[C@@H]1CCN(c2nc(C(C)=O)c(C(=O)O)s2)CC1OC. The van der Waals surface area contributed by atoms with Crippen molar-refractivity contribution in [3.05, 3.63) is 21.8 Å². The first-order valence-electron chi connectivity index (χ1n) is 10.1. The summed E-state index contributed by atoms with van der Waals surface area (Å²) in [6.07, 6.45) is 1.13. The average Bonchev–Trinajstić information content (AvgIpc) is 3.19. The Balaban J connectivity index is 2.12. The lowest BCUT2D eigenvalue weighted by molar-refractivity contribution is -0.116. The minimum Gasteiger partial charge on any atom is -0.477 e. The number of ketones is 1. The van der Waals surface area contributed by atoms with E-state index in [2.05, 4.69) is 15.3 Å². The van der Waals surface area contributed by atoms with E-state index in [4.69, 9.17) is 4.74 Å². The van der Waals surface area contributed by atoms with Gasteiger partial charge in [0.25, 0.3) is 5.91 Å². The lowest BCUT2D eigenvalue weighted by Crippen LogP contribution is -2.55. The van der Waals surface area contributed by atoms with Gasteiger partial charge in [-0.3, -0.25) is 14.6 Å². The van der Waals surface area contributed by atoms with Crippen LogP contribution >= 0.6 is 11.3 Å². The Hall–Kier alpha value is -2.59. The van der Waals surface area contributed by atoms with Gasteiger partial charge in [-0.05, 0) is 33.6 Å². The van der Waals surface area contributed by atoms with Gasteiger partial charge in [-0.15, -0.1) is 0 Å². The second-order valence-corrected chi connectivity index (χ2v) is 8.52. The first-order valence-corrected chi connectivity index (χ1v) is 11.0. The summed E-state index contributed by atoms with van der Waals surface area (Å²) in [5.41, 5.74) is 2.33. The number of methoxy groups -OCH3 is 1. The molecule has 1 aliphatic heterocycles. The predicted octanol–water partition coefficient (Wildman–Crippen LogP) is 2.92. The second-order valence-electron chi connectivity index (χ2n) is 7.54. The molecule has 2 N–H and O–H groups in total. The Labute approximate surface area is 186 Å². The van der Waals surface area contributed by atoms with Crippen LogP contribution in [0.15, 0.2) is 16.3 Å². The van der Waals surface area contributed by atoms with Gasteiger partial charge in [-0.2, -0.15) is 0 Å². The van der Waals surface area contributed by atoms with Gasteiger partial charge in [0, 0.05) is 32.8 Å². The molecule has 1 fully saturated rings. The molecule has 0 radical (unpaired) electrons. The molecule has 0 saturated carbocycles. The number of ether oxygens (including phenoxy) is 1. The largest absolute Gasteiger partial charge is 0.477 e.